The highest BCUT2D eigenvalue weighted by Gasteiger charge is 2.15. The summed E-state index contributed by atoms with van der Waals surface area (Å²) in [4.78, 5) is 18.1. The highest BCUT2D eigenvalue weighted by atomic mass is 16.1. The molecule has 4 aromatic carbocycles. The number of fused-ring (bicyclic) bond motifs is 2. The van der Waals surface area contributed by atoms with E-state index < -0.39 is 0 Å². The summed E-state index contributed by atoms with van der Waals surface area (Å²) < 4.78 is 0. The van der Waals surface area contributed by atoms with Crippen LogP contribution in [0.3, 0.4) is 0 Å². The highest BCUT2D eigenvalue weighted by Crippen LogP contribution is 2.27. The Kier molecular flexibility index (Phi) is 4.26. The maximum Gasteiger partial charge on any atom is 0.256 e. The van der Waals surface area contributed by atoms with Crippen molar-refractivity contribution < 1.29 is 4.79 Å². The van der Waals surface area contributed by atoms with Crippen molar-refractivity contribution in [3.05, 3.63) is 109 Å². The van der Waals surface area contributed by atoms with Gasteiger partial charge in [-0.1, -0.05) is 84.9 Å². The van der Waals surface area contributed by atoms with E-state index in [2.05, 4.69) is 5.32 Å². The number of rotatable bonds is 3. The summed E-state index contributed by atoms with van der Waals surface area (Å²) in [5.74, 6) is -0.142. The minimum Gasteiger partial charge on any atom is -0.321 e. The molecule has 1 heterocycles. The first-order chi connectivity index (χ1) is 14.3. The van der Waals surface area contributed by atoms with Crippen molar-refractivity contribution in [3.63, 3.8) is 0 Å². The second kappa shape index (κ2) is 7.21. The summed E-state index contributed by atoms with van der Waals surface area (Å²) in [6.07, 6.45) is 0. The van der Waals surface area contributed by atoms with Gasteiger partial charge in [0, 0.05) is 22.0 Å². The van der Waals surface area contributed by atoms with Crippen molar-refractivity contribution in [2.24, 2.45) is 0 Å². The van der Waals surface area contributed by atoms with Gasteiger partial charge < -0.3 is 5.32 Å². The van der Waals surface area contributed by atoms with Gasteiger partial charge in [-0.05, 0) is 23.6 Å². The van der Waals surface area contributed by atoms with Crippen molar-refractivity contribution in [3.8, 4) is 11.3 Å². The predicted molar refractivity (Wildman–Crippen MR) is 119 cm³/mol. The van der Waals surface area contributed by atoms with Crippen LogP contribution in [0, 0.1) is 0 Å². The smallest absolute Gasteiger partial charge is 0.256 e. The van der Waals surface area contributed by atoms with Gasteiger partial charge >= 0.3 is 0 Å². The summed E-state index contributed by atoms with van der Waals surface area (Å²) >= 11 is 0. The van der Waals surface area contributed by atoms with Gasteiger partial charge in [0.25, 0.3) is 5.91 Å². The average molecular weight is 374 g/mol. The van der Waals surface area contributed by atoms with Crippen LogP contribution < -0.4 is 5.32 Å². The number of anilines is 1. The van der Waals surface area contributed by atoms with Crippen molar-refractivity contribution in [2.45, 2.75) is 0 Å². The second-order valence-electron chi connectivity index (χ2n) is 6.92. The van der Waals surface area contributed by atoms with Crippen LogP contribution in [-0.2, 0) is 0 Å². The zero-order valence-electron chi connectivity index (χ0n) is 15.7. The van der Waals surface area contributed by atoms with E-state index in [1.54, 1.807) is 0 Å². The first-order valence-electron chi connectivity index (χ1n) is 9.54. The molecule has 0 unspecified atom stereocenters. The number of para-hydroxylation sites is 1. The Morgan fingerprint density at radius 3 is 2.24 bits per heavy atom. The fourth-order valence-corrected chi connectivity index (χ4v) is 3.64. The SMILES string of the molecule is O=C(Nc1cccc2ccccc12)c1cc(-c2ccccc2)nc2ccccc12. The molecule has 5 aromatic rings. The van der Waals surface area contributed by atoms with E-state index in [1.807, 2.05) is 103 Å². The fraction of sp³-hybridized carbons (Fsp3) is 0. The van der Waals surface area contributed by atoms with Crippen molar-refractivity contribution in [2.75, 3.05) is 5.32 Å². The van der Waals surface area contributed by atoms with Gasteiger partial charge in [-0.3, -0.25) is 4.79 Å². The van der Waals surface area contributed by atoms with Gasteiger partial charge in [0.15, 0.2) is 0 Å². The van der Waals surface area contributed by atoms with Gasteiger partial charge in [-0.25, -0.2) is 4.98 Å². The van der Waals surface area contributed by atoms with E-state index in [0.717, 1.165) is 38.6 Å². The van der Waals surface area contributed by atoms with E-state index in [1.165, 1.54) is 0 Å². The molecule has 0 aliphatic rings. The Hall–Kier alpha value is -3.98. The number of nitrogens with zero attached hydrogens (tertiary/aromatic N) is 1. The van der Waals surface area contributed by atoms with Crippen LogP contribution >= 0.6 is 0 Å². The fourth-order valence-electron chi connectivity index (χ4n) is 3.64. The van der Waals surface area contributed by atoms with Gasteiger partial charge in [-0.15, -0.1) is 0 Å². The summed E-state index contributed by atoms with van der Waals surface area (Å²) in [6.45, 7) is 0. The Bertz CT molecular complexity index is 1340. The van der Waals surface area contributed by atoms with E-state index in [-0.39, 0.29) is 5.91 Å². The number of carbonyl (C=O) groups excluding carboxylic acids is 1. The minimum absolute atomic E-state index is 0.142. The van der Waals surface area contributed by atoms with Crippen LogP contribution in [-0.4, -0.2) is 10.9 Å². The number of hydrogen-bond acceptors (Lipinski definition) is 2. The van der Waals surface area contributed by atoms with Crippen LogP contribution in [0.4, 0.5) is 5.69 Å². The monoisotopic (exact) mass is 374 g/mol. The van der Waals surface area contributed by atoms with Crippen molar-refractivity contribution in [1.29, 1.82) is 0 Å². The average Bonchev–Trinajstić information content (AvgIpc) is 2.79. The summed E-state index contributed by atoms with van der Waals surface area (Å²) in [5, 5.41) is 6.05. The number of nitrogens with one attached hydrogen (secondary N) is 1. The maximum absolute atomic E-state index is 13.3. The van der Waals surface area contributed by atoms with Crippen LogP contribution in [0.15, 0.2) is 103 Å². The topological polar surface area (TPSA) is 42.0 Å². The number of pyridine rings is 1. The second-order valence-corrected chi connectivity index (χ2v) is 6.92. The van der Waals surface area contributed by atoms with Crippen LogP contribution in [0.2, 0.25) is 0 Å². The Labute approximate surface area is 168 Å². The zero-order valence-corrected chi connectivity index (χ0v) is 15.7. The van der Waals surface area contributed by atoms with E-state index in [9.17, 15) is 4.79 Å². The minimum atomic E-state index is -0.142. The Morgan fingerprint density at radius 1 is 0.690 bits per heavy atom. The molecular formula is C26H18N2O. The molecule has 29 heavy (non-hydrogen) atoms. The molecule has 0 atom stereocenters. The van der Waals surface area contributed by atoms with Gasteiger partial charge in [0.2, 0.25) is 0 Å². The van der Waals surface area contributed by atoms with Gasteiger partial charge in [0.1, 0.15) is 0 Å². The number of carbonyl (C=O) groups is 1. The largest absolute Gasteiger partial charge is 0.321 e. The van der Waals surface area contributed by atoms with Crippen LogP contribution in [0.1, 0.15) is 10.4 Å². The standard InChI is InChI=1S/C26H18N2O/c29-26(28-23-16-8-12-18-9-4-5-13-20(18)23)22-17-25(19-10-2-1-3-11-19)27-24-15-7-6-14-21(22)24/h1-17H,(H,28,29). The van der Waals surface area contributed by atoms with E-state index >= 15 is 0 Å². The molecule has 5 rings (SSSR count). The first-order valence-corrected chi connectivity index (χ1v) is 9.54. The van der Waals surface area contributed by atoms with E-state index in [4.69, 9.17) is 4.98 Å². The number of amides is 1. The molecule has 0 aliphatic heterocycles. The predicted octanol–water partition coefficient (Wildman–Crippen LogP) is 6.31. The lowest BCUT2D eigenvalue weighted by Gasteiger charge is -2.12. The molecule has 138 valence electrons. The third-order valence-corrected chi connectivity index (χ3v) is 5.07. The zero-order chi connectivity index (χ0) is 19.6. The first kappa shape index (κ1) is 17.1. The third kappa shape index (κ3) is 3.23. The molecule has 0 fully saturated rings. The summed E-state index contributed by atoms with van der Waals surface area (Å²) in [7, 11) is 0. The summed E-state index contributed by atoms with van der Waals surface area (Å²) in [6, 6.07) is 33.5. The molecule has 1 amide bonds. The highest BCUT2D eigenvalue weighted by molar-refractivity contribution is 6.15. The lowest BCUT2D eigenvalue weighted by molar-refractivity contribution is 0.102. The normalized spacial score (nSPS) is 10.9. The number of benzene rings is 4. The van der Waals surface area contributed by atoms with Crippen molar-refractivity contribution >= 4 is 33.3 Å². The van der Waals surface area contributed by atoms with E-state index in [0.29, 0.717) is 5.56 Å². The molecular weight excluding hydrogens is 356 g/mol. The maximum atomic E-state index is 13.3. The van der Waals surface area contributed by atoms with Crippen LogP contribution in [0.5, 0.6) is 0 Å². The molecule has 1 N–H and O–H groups in total. The molecule has 1 aromatic heterocycles. The van der Waals surface area contributed by atoms with Gasteiger partial charge in [-0.2, -0.15) is 0 Å². The lowest BCUT2D eigenvalue weighted by atomic mass is 10.0. The molecule has 0 radical (unpaired) electrons. The summed E-state index contributed by atoms with van der Waals surface area (Å²) in [5.41, 5.74) is 3.99. The van der Waals surface area contributed by atoms with Gasteiger partial charge in [0.05, 0.1) is 16.8 Å². The Balaban J connectivity index is 1.62. The third-order valence-electron chi connectivity index (χ3n) is 5.07. The molecule has 0 saturated heterocycles. The van der Waals surface area contributed by atoms with Crippen LogP contribution in [0.25, 0.3) is 32.9 Å². The van der Waals surface area contributed by atoms with Crippen molar-refractivity contribution in [1.82, 2.24) is 4.98 Å². The molecule has 3 heteroatoms. The lowest BCUT2D eigenvalue weighted by Crippen LogP contribution is -2.13. The molecule has 3 nitrogen and oxygen atoms in total. The molecule has 0 spiro atoms. The number of hydrogen-bond donors (Lipinski definition) is 1. The quantitative estimate of drug-likeness (QED) is 0.402. The Morgan fingerprint density at radius 2 is 1.38 bits per heavy atom. The number of aromatic nitrogens is 1. The molecule has 0 saturated carbocycles. The molecule has 0 bridgehead atoms. The molecule has 0 aliphatic carbocycles.